The molecule has 0 bridgehead atoms. The molecule has 11 heteroatoms. The zero-order chi connectivity index (χ0) is 29.5. The summed E-state index contributed by atoms with van der Waals surface area (Å²) in [7, 11) is 0. The number of hydrogen-bond donors (Lipinski definition) is 3. The second-order valence-corrected chi connectivity index (χ2v) is 11.1. The van der Waals surface area contributed by atoms with Gasteiger partial charge in [0.25, 0.3) is 11.6 Å². The normalized spacial score (nSPS) is 14.7. The van der Waals surface area contributed by atoms with Gasteiger partial charge in [-0.2, -0.15) is 4.98 Å². The number of hydrogen-bond acceptors (Lipinski definition) is 9. The van der Waals surface area contributed by atoms with E-state index in [1.165, 1.54) is 6.33 Å². The van der Waals surface area contributed by atoms with Gasteiger partial charge in [0.05, 0.1) is 11.9 Å². The molecule has 0 aliphatic carbocycles. The predicted octanol–water partition coefficient (Wildman–Crippen LogP) is 4.47. The highest BCUT2D eigenvalue weighted by atomic mass is 16.4. The highest BCUT2D eigenvalue weighted by Crippen LogP contribution is 2.29. The van der Waals surface area contributed by atoms with Crippen LogP contribution in [0.5, 0.6) is 0 Å². The van der Waals surface area contributed by atoms with Gasteiger partial charge in [-0.15, -0.1) is 5.71 Å². The number of benzene rings is 2. The SMILES string of the molecule is Cc1cccc2cc(CNc3ncnc(N)c3C(=[N-])c3ccc4oc(N)nc4c3)n(C3CCN(C(C)C)CC3)c(=O)c12. The van der Waals surface area contributed by atoms with Gasteiger partial charge < -0.3 is 36.1 Å². The summed E-state index contributed by atoms with van der Waals surface area (Å²) in [6, 6.07) is 13.6. The first kappa shape index (κ1) is 27.4. The van der Waals surface area contributed by atoms with Crippen molar-refractivity contribution in [2.24, 2.45) is 0 Å². The molecule has 0 saturated carbocycles. The number of nitrogens with one attached hydrogen (secondary N) is 1. The Kier molecular flexibility index (Phi) is 7.11. The monoisotopic (exact) mass is 564 g/mol. The summed E-state index contributed by atoms with van der Waals surface area (Å²) in [5, 5.41) is 16.3. The Bertz CT molecular complexity index is 1870. The van der Waals surface area contributed by atoms with Crippen molar-refractivity contribution in [1.29, 1.82) is 0 Å². The summed E-state index contributed by atoms with van der Waals surface area (Å²) in [5.41, 5.74) is 15.4. The minimum absolute atomic E-state index is 0.0161. The third-order valence-corrected chi connectivity index (χ3v) is 8.19. The van der Waals surface area contributed by atoms with E-state index in [9.17, 15) is 10.2 Å². The lowest BCUT2D eigenvalue weighted by Gasteiger charge is -2.36. The smallest absolute Gasteiger partial charge is 0.292 e. The minimum atomic E-state index is -0.119. The zero-order valence-electron chi connectivity index (χ0n) is 24.0. The topological polar surface area (TPSA) is 163 Å². The Morgan fingerprint density at radius 1 is 1.14 bits per heavy atom. The van der Waals surface area contributed by atoms with Crippen LogP contribution in [0.15, 0.2) is 58.0 Å². The fraction of sp³-hybridized carbons (Fsp3) is 0.323. The molecule has 0 spiro atoms. The number of nitrogen functional groups attached to an aromatic ring is 2. The molecule has 1 saturated heterocycles. The van der Waals surface area contributed by atoms with Gasteiger partial charge in [-0.25, -0.2) is 9.97 Å². The Hall–Kier alpha value is -4.77. The van der Waals surface area contributed by atoms with Crippen molar-refractivity contribution in [3.63, 3.8) is 0 Å². The largest absolute Gasteiger partial charge is 0.803 e. The van der Waals surface area contributed by atoms with Crippen LogP contribution < -0.4 is 22.3 Å². The standard InChI is InChI=1S/C31H34N9O2/c1-17(2)39-11-9-21(10-12-39)40-22(13-19-6-4-5-18(3)25(19)30(40)41)15-35-29-26(28(33)36-16-37-29)27(32)20-7-8-24-23(14-20)38-31(34)42-24/h4-8,13-14,16-17,21H,9-12,15H2,1-3H3,(H2,34,38)(H3,33,35,36,37)/q-1. The van der Waals surface area contributed by atoms with Crippen molar-refractivity contribution in [2.45, 2.75) is 52.2 Å². The van der Waals surface area contributed by atoms with Gasteiger partial charge in [-0.1, -0.05) is 24.3 Å². The Balaban J connectivity index is 1.36. The van der Waals surface area contributed by atoms with E-state index in [-0.39, 0.29) is 34.7 Å². The summed E-state index contributed by atoms with van der Waals surface area (Å²) in [5.74, 6) is 0.454. The van der Waals surface area contributed by atoms with Gasteiger partial charge >= 0.3 is 0 Å². The van der Waals surface area contributed by atoms with E-state index >= 15 is 0 Å². The molecule has 4 heterocycles. The molecule has 0 amide bonds. The fourth-order valence-electron chi connectivity index (χ4n) is 5.98. The summed E-state index contributed by atoms with van der Waals surface area (Å²) >= 11 is 0. The van der Waals surface area contributed by atoms with Crippen LogP contribution in [0.1, 0.15) is 55.1 Å². The Morgan fingerprint density at radius 3 is 2.69 bits per heavy atom. The molecule has 0 unspecified atom stereocenters. The van der Waals surface area contributed by atoms with Crippen LogP contribution in [-0.2, 0) is 6.54 Å². The van der Waals surface area contributed by atoms with Crippen molar-refractivity contribution in [1.82, 2.24) is 24.4 Å². The van der Waals surface area contributed by atoms with E-state index in [4.69, 9.17) is 15.9 Å². The Labute approximate surface area is 243 Å². The molecule has 42 heavy (non-hydrogen) atoms. The maximum Gasteiger partial charge on any atom is 0.292 e. The predicted molar refractivity (Wildman–Crippen MR) is 167 cm³/mol. The van der Waals surface area contributed by atoms with E-state index in [2.05, 4.69) is 45.1 Å². The van der Waals surface area contributed by atoms with Crippen LogP contribution in [0.4, 0.5) is 17.7 Å². The molecule has 6 rings (SSSR count). The van der Waals surface area contributed by atoms with Crippen LogP contribution in [0.3, 0.4) is 0 Å². The van der Waals surface area contributed by atoms with Gasteiger partial charge in [-0.3, -0.25) is 4.79 Å². The van der Waals surface area contributed by atoms with E-state index in [1.807, 2.05) is 29.7 Å². The van der Waals surface area contributed by atoms with Crippen LogP contribution in [-0.4, -0.2) is 49.3 Å². The first-order chi connectivity index (χ1) is 20.2. The first-order valence-corrected chi connectivity index (χ1v) is 14.2. The summed E-state index contributed by atoms with van der Waals surface area (Å²) in [6.07, 6.45) is 3.12. The number of aryl methyl sites for hydroxylation is 1. The second-order valence-electron chi connectivity index (χ2n) is 11.1. The number of nitrogens with two attached hydrogens (primary N) is 2. The molecule has 11 nitrogen and oxygen atoms in total. The molecule has 216 valence electrons. The van der Waals surface area contributed by atoms with Crippen molar-refractivity contribution in [3.05, 3.63) is 86.9 Å². The number of fused-ring (bicyclic) bond motifs is 2. The molecular weight excluding hydrogens is 530 g/mol. The summed E-state index contributed by atoms with van der Waals surface area (Å²) < 4.78 is 7.31. The number of rotatable bonds is 7. The molecule has 3 aromatic heterocycles. The molecule has 1 aliphatic rings. The third-order valence-electron chi connectivity index (χ3n) is 8.19. The summed E-state index contributed by atoms with van der Waals surface area (Å²) in [6.45, 7) is 8.55. The van der Waals surface area contributed by atoms with Gasteiger partial charge in [0.1, 0.15) is 23.5 Å². The van der Waals surface area contributed by atoms with Crippen LogP contribution in [0.25, 0.3) is 27.3 Å². The quantitative estimate of drug-likeness (QED) is 0.242. The van der Waals surface area contributed by atoms with Crippen molar-refractivity contribution in [3.8, 4) is 0 Å². The molecule has 5 N–H and O–H groups in total. The molecule has 0 radical (unpaired) electrons. The zero-order valence-corrected chi connectivity index (χ0v) is 24.0. The van der Waals surface area contributed by atoms with E-state index in [0.717, 1.165) is 48.0 Å². The maximum atomic E-state index is 14.0. The van der Waals surface area contributed by atoms with Gasteiger partial charge in [0.15, 0.2) is 5.58 Å². The summed E-state index contributed by atoms with van der Waals surface area (Å²) in [4.78, 5) is 29.2. The first-order valence-electron chi connectivity index (χ1n) is 14.2. The van der Waals surface area contributed by atoms with E-state index < -0.39 is 0 Å². The molecule has 2 aromatic carbocycles. The highest BCUT2D eigenvalue weighted by molar-refractivity contribution is 6.20. The number of nitrogens with zero attached hydrogens (tertiary/aromatic N) is 6. The van der Waals surface area contributed by atoms with Crippen molar-refractivity contribution >= 4 is 45.2 Å². The maximum absolute atomic E-state index is 14.0. The molecular formula is C31H34N9O2-. The van der Waals surface area contributed by atoms with Crippen LogP contribution >= 0.6 is 0 Å². The minimum Gasteiger partial charge on any atom is -0.803 e. The number of piperidine rings is 1. The van der Waals surface area contributed by atoms with Gasteiger partial charge in [0.2, 0.25) is 0 Å². The van der Waals surface area contributed by atoms with Gasteiger partial charge in [0, 0.05) is 36.4 Å². The number of likely N-dealkylation sites (tertiary alicyclic amines) is 1. The number of oxazole rings is 1. The fourth-order valence-corrected chi connectivity index (χ4v) is 5.98. The number of pyridine rings is 1. The average Bonchev–Trinajstić information content (AvgIpc) is 3.35. The van der Waals surface area contributed by atoms with Crippen molar-refractivity contribution in [2.75, 3.05) is 29.9 Å². The average molecular weight is 565 g/mol. The van der Waals surface area contributed by atoms with Crippen LogP contribution in [0, 0.1) is 6.92 Å². The third kappa shape index (κ3) is 4.96. The lowest BCUT2D eigenvalue weighted by Crippen LogP contribution is -2.41. The van der Waals surface area contributed by atoms with Gasteiger partial charge in [-0.05, 0) is 68.3 Å². The lowest BCUT2D eigenvalue weighted by atomic mass is 10.00. The number of anilines is 3. The molecule has 5 aromatic rings. The Morgan fingerprint density at radius 2 is 1.93 bits per heavy atom. The van der Waals surface area contributed by atoms with Crippen LogP contribution in [0.2, 0.25) is 0 Å². The second kappa shape index (κ2) is 10.9. The lowest BCUT2D eigenvalue weighted by molar-refractivity contribution is 0.149. The highest BCUT2D eigenvalue weighted by Gasteiger charge is 2.25. The van der Waals surface area contributed by atoms with Crippen molar-refractivity contribution < 1.29 is 4.42 Å². The van der Waals surface area contributed by atoms with E-state index in [1.54, 1.807) is 18.2 Å². The molecule has 1 aliphatic heterocycles. The molecule has 0 atom stereocenters. The van der Waals surface area contributed by atoms with E-state index in [0.29, 0.717) is 35.1 Å². The molecule has 1 fully saturated rings. The number of aromatic nitrogens is 4.